The molecule has 0 fully saturated rings. The lowest BCUT2D eigenvalue weighted by atomic mass is 10.2. The molecule has 0 aliphatic heterocycles. The summed E-state index contributed by atoms with van der Waals surface area (Å²) in [4.78, 5) is 11.9. The van der Waals surface area contributed by atoms with Gasteiger partial charge < -0.3 is 18.9 Å². The summed E-state index contributed by atoms with van der Waals surface area (Å²) in [6.07, 6.45) is 0. The van der Waals surface area contributed by atoms with E-state index in [1.54, 1.807) is 51.7 Å². The molecule has 0 atom stereocenters. The van der Waals surface area contributed by atoms with E-state index in [0.29, 0.717) is 17.2 Å². The average molecular weight is 302 g/mol. The molecule has 5 heteroatoms. The topological polar surface area (TPSA) is 54.0 Å². The van der Waals surface area contributed by atoms with Crippen LogP contribution in [0.2, 0.25) is 0 Å². The molecule has 0 heterocycles. The van der Waals surface area contributed by atoms with Gasteiger partial charge in [0.1, 0.15) is 23.9 Å². The van der Waals surface area contributed by atoms with Gasteiger partial charge in [-0.1, -0.05) is 0 Å². The van der Waals surface area contributed by atoms with Crippen molar-refractivity contribution >= 4 is 0 Å². The summed E-state index contributed by atoms with van der Waals surface area (Å²) >= 11 is 0. The van der Waals surface area contributed by atoms with Crippen LogP contribution in [0.15, 0.2) is 47.3 Å². The van der Waals surface area contributed by atoms with Crippen LogP contribution in [0.4, 0.5) is 0 Å². The molecule has 2 rings (SSSR count). The Labute approximate surface area is 129 Å². The number of methoxy groups -OCH3 is 3. The first-order chi connectivity index (χ1) is 10.7. The van der Waals surface area contributed by atoms with Crippen LogP contribution in [0.1, 0.15) is 5.56 Å². The molecule has 0 bridgehead atoms. The third kappa shape index (κ3) is 3.69. The van der Waals surface area contributed by atoms with Gasteiger partial charge in [-0.3, -0.25) is 4.79 Å². The molecule has 116 valence electrons. The number of ether oxygens (including phenoxy) is 4. The van der Waals surface area contributed by atoms with E-state index in [9.17, 15) is 4.79 Å². The van der Waals surface area contributed by atoms with Gasteiger partial charge in [-0.05, 0) is 42.5 Å². The lowest BCUT2D eigenvalue weighted by Crippen LogP contribution is -2.05. The highest BCUT2D eigenvalue weighted by atomic mass is 16.5. The second-order valence-electron chi connectivity index (χ2n) is 4.47. The van der Waals surface area contributed by atoms with Gasteiger partial charge in [0, 0.05) is 5.56 Å². The Bertz CT molecular complexity index is 697. The quantitative estimate of drug-likeness (QED) is 0.821. The van der Waals surface area contributed by atoms with Crippen LogP contribution in [0.3, 0.4) is 0 Å². The summed E-state index contributed by atoms with van der Waals surface area (Å²) in [7, 11) is 4.71. The lowest BCUT2D eigenvalue weighted by molar-refractivity contribution is 0.293. The molecule has 0 saturated carbocycles. The summed E-state index contributed by atoms with van der Waals surface area (Å²) in [6.45, 7) is 0.196. The Hall–Kier alpha value is -2.69. The van der Waals surface area contributed by atoms with Gasteiger partial charge in [-0.2, -0.15) is 0 Å². The highest BCUT2D eigenvalue weighted by molar-refractivity contribution is 5.40. The van der Waals surface area contributed by atoms with Crippen LogP contribution in [-0.2, 0) is 6.61 Å². The van der Waals surface area contributed by atoms with Gasteiger partial charge in [-0.25, -0.2) is 0 Å². The molecular weight excluding hydrogens is 284 g/mol. The summed E-state index contributed by atoms with van der Waals surface area (Å²) in [6, 6.07) is 11.7. The van der Waals surface area contributed by atoms with E-state index >= 15 is 0 Å². The van der Waals surface area contributed by atoms with Crippen molar-refractivity contribution in [2.75, 3.05) is 21.3 Å². The maximum absolute atomic E-state index is 11.9. The molecule has 0 aromatic heterocycles. The molecule has 0 radical (unpaired) electrons. The second kappa shape index (κ2) is 7.36. The van der Waals surface area contributed by atoms with E-state index in [1.807, 2.05) is 6.07 Å². The van der Waals surface area contributed by atoms with E-state index in [1.165, 1.54) is 6.07 Å². The minimum absolute atomic E-state index is 0.196. The first-order valence-corrected chi connectivity index (χ1v) is 6.70. The van der Waals surface area contributed by atoms with Gasteiger partial charge in [0.2, 0.25) is 5.43 Å². The van der Waals surface area contributed by atoms with Crippen LogP contribution >= 0.6 is 0 Å². The largest absolute Gasteiger partial charge is 0.497 e. The maximum atomic E-state index is 11.9. The van der Waals surface area contributed by atoms with E-state index in [0.717, 1.165) is 5.56 Å². The third-order valence-corrected chi connectivity index (χ3v) is 3.15. The fourth-order valence-corrected chi connectivity index (χ4v) is 1.94. The standard InChI is InChI=1S/C17H18O5/c1-19-13-4-7-15(18)17(9-5-13)22-11-12-10-14(20-2)6-8-16(12)21-3/h4-10H,11H2,1-3H3. The molecule has 0 spiro atoms. The van der Waals surface area contributed by atoms with Crippen molar-refractivity contribution in [1.29, 1.82) is 0 Å². The smallest absolute Gasteiger partial charge is 0.220 e. The van der Waals surface area contributed by atoms with Crippen LogP contribution in [0, 0.1) is 0 Å². The minimum atomic E-state index is -0.217. The van der Waals surface area contributed by atoms with Gasteiger partial charge in [-0.15, -0.1) is 0 Å². The van der Waals surface area contributed by atoms with Gasteiger partial charge in [0.25, 0.3) is 0 Å². The number of rotatable bonds is 6. The van der Waals surface area contributed by atoms with E-state index in [2.05, 4.69) is 0 Å². The number of benzene rings is 1. The molecule has 5 nitrogen and oxygen atoms in total. The number of hydrogen-bond donors (Lipinski definition) is 0. The summed E-state index contributed by atoms with van der Waals surface area (Å²) in [5.74, 6) is 2.20. The first kappa shape index (κ1) is 15.7. The molecule has 0 aliphatic rings. The molecule has 2 aromatic rings. The van der Waals surface area contributed by atoms with Crippen molar-refractivity contribution < 1.29 is 18.9 Å². The van der Waals surface area contributed by atoms with Crippen molar-refractivity contribution in [2.24, 2.45) is 0 Å². The van der Waals surface area contributed by atoms with E-state index in [-0.39, 0.29) is 17.8 Å². The summed E-state index contributed by atoms with van der Waals surface area (Å²) in [5, 5.41) is 0. The normalized spacial score (nSPS) is 9.95. The van der Waals surface area contributed by atoms with Crippen LogP contribution < -0.4 is 24.4 Å². The zero-order valence-corrected chi connectivity index (χ0v) is 12.8. The molecule has 22 heavy (non-hydrogen) atoms. The highest BCUT2D eigenvalue weighted by Crippen LogP contribution is 2.25. The minimum Gasteiger partial charge on any atom is -0.497 e. The highest BCUT2D eigenvalue weighted by Gasteiger charge is 2.07. The van der Waals surface area contributed by atoms with Crippen molar-refractivity contribution in [3.05, 3.63) is 58.3 Å². The lowest BCUT2D eigenvalue weighted by Gasteiger charge is -2.11. The zero-order valence-electron chi connectivity index (χ0n) is 12.8. The van der Waals surface area contributed by atoms with Gasteiger partial charge in [0.15, 0.2) is 5.75 Å². The Morgan fingerprint density at radius 3 is 2.09 bits per heavy atom. The fourth-order valence-electron chi connectivity index (χ4n) is 1.94. The van der Waals surface area contributed by atoms with Gasteiger partial charge in [0.05, 0.1) is 21.3 Å². The molecule has 0 N–H and O–H groups in total. The fraction of sp³-hybridized carbons (Fsp3) is 0.235. The molecule has 2 aromatic carbocycles. The summed E-state index contributed by atoms with van der Waals surface area (Å²) < 4.78 is 21.2. The van der Waals surface area contributed by atoms with Crippen LogP contribution in [-0.4, -0.2) is 21.3 Å². The van der Waals surface area contributed by atoms with Crippen molar-refractivity contribution in [3.63, 3.8) is 0 Å². The zero-order chi connectivity index (χ0) is 15.9. The predicted octanol–water partition coefficient (Wildman–Crippen LogP) is 2.65. The molecular formula is C17H18O5. The van der Waals surface area contributed by atoms with E-state index in [4.69, 9.17) is 18.9 Å². The average Bonchev–Trinajstić information content (AvgIpc) is 2.74. The molecule has 0 unspecified atom stereocenters. The van der Waals surface area contributed by atoms with Gasteiger partial charge >= 0.3 is 0 Å². The second-order valence-corrected chi connectivity index (χ2v) is 4.47. The van der Waals surface area contributed by atoms with Crippen molar-refractivity contribution in [2.45, 2.75) is 6.61 Å². The SMILES string of the molecule is COc1ccc(OCc2cc(OC)ccc2OC)c(=O)cc1. The van der Waals surface area contributed by atoms with Crippen LogP contribution in [0.5, 0.6) is 23.0 Å². The summed E-state index contributed by atoms with van der Waals surface area (Å²) in [5.41, 5.74) is 0.574. The van der Waals surface area contributed by atoms with Crippen molar-refractivity contribution in [3.8, 4) is 23.0 Å². The Kier molecular flexibility index (Phi) is 5.25. The van der Waals surface area contributed by atoms with E-state index < -0.39 is 0 Å². The Morgan fingerprint density at radius 1 is 0.773 bits per heavy atom. The molecule has 0 saturated heterocycles. The Balaban J connectivity index is 2.23. The number of hydrogen-bond acceptors (Lipinski definition) is 5. The predicted molar refractivity (Wildman–Crippen MR) is 83.1 cm³/mol. The Morgan fingerprint density at radius 2 is 1.41 bits per heavy atom. The third-order valence-electron chi connectivity index (χ3n) is 3.15. The molecule has 0 amide bonds. The van der Waals surface area contributed by atoms with Crippen LogP contribution in [0.25, 0.3) is 0 Å². The first-order valence-electron chi connectivity index (χ1n) is 6.70. The monoisotopic (exact) mass is 302 g/mol. The molecule has 0 aliphatic carbocycles. The van der Waals surface area contributed by atoms with Crippen molar-refractivity contribution in [1.82, 2.24) is 0 Å². The maximum Gasteiger partial charge on any atom is 0.220 e.